The Kier molecular flexibility index (Phi) is 4.14. The van der Waals surface area contributed by atoms with E-state index in [1.54, 1.807) is 12.1 Å². The van der Waals surface area contributed by atoms with Crippen molar-refractivity contribution in [3.05, 3.63) is 59.9 Å². The summed E-state index contributed by atoms with van der Waals surface area (Å²) < 4.78 is 0. The third kappa shape index (κ3) is 2.98. The van der Waals surface area contributed by atoms with Gasteiger partial charge in [0.05, 0.1) is 5.56 Å². The number of benzene rings is 1. The van der Waals surface area contributed by atoms with Gasteiger partial charge in [-0.05, 0) is 24.3 Å². The molecule has 0 N–H and O–H groups in total. The highest BCUT2D eigenvalue weighted by molar-refractivity contribution is 5.94. The molecule has 1 fully saturated rings. The van der Waals surface area contributed by atoms with Crippen LogP contribution in [0, 0.1) is 0 Å². The van der Waals surface area contributed by atoms with Crippen LogP contribution < -0.4 is 4.90 Å². The second kappa shape index (κ2) is 6.39. The minimum atomic E-state index is -0.0299. The molecule has 0 saturated carbocycles. The molecule has 0 aliphatic carbocycles. The van der Waals surface area contributed by atoms with Crippen molar-refractivity contribution in [2.45, 2.75) is 0 Å². The SMILES string of the molecule is O=Cc1ccc(C(=O)N2CCN(c3ccccc3)CC2)cn1. The van der Waals surface area contributed by atoms with E-state index in [1.807, 2.05) is 23.1 Å². The van der Waals surface area contributed by atoms with Crippen LogP contribution in [0.25, 0.3) is 0 Å². The van der Waals surface area contributed by atoms with E-state index in [0.717, 1.165) is 13.1 Å². The van der Waals surface area contributed by atoms with E-state index in [9.17, 15) is 9.59 Å². The molecule has 5 heteroatoms. The summed E-state index contributed by atoms with van der Waals surface area (Å²) in [5.74, 6) is -0.0299. The van der Waals surface area contributed by atoms with Gasteiger partial charge < -0.3 is 9.80 Å². The Bertz CT molecular complexity index is 647. The number of hydrogen-bond donors (Lipinski definition) is 0. The van der Waals surface area contributed by atoms with Gasteiger partial charge in [0.1, 0.15) is 5.69 Å². The predicted octanol–water partition coefficient (Wildman–Crippen LogP) is 1.86. The number of aldehydes is 1. The van der Waals surface area contributed by atoms with Gasteiger partial charge in [-0.1, -0.05) is 18.2 Å². The van der Waals surface area contributed by atoms with Crippen molar-refractivity contribution in [2.75, 3.05) is 31.1 Å². The fourth-order valence-corrected chi connectivity index (χ4v) is 2.59. The number of nitrogens with zero attached hydrogens (tertiary/aromatic N) is 3. The van der Waals surface area contributed by atoms with Gasteiger partial charge in [-0.2, -0.15) is 0 Å². The Labute approximate surface area is 129 Å². The molecule has 112 valence electrons. The van der Waals surface area contributed by atoms with E-state index in [4.69, 9.17) is 0 Å². The van der Waals surface area contributed by atoms with Crippen molar-refractivity contribution in [1.29, 1.82) is 0 Å². The van der Waals surface area contributed by atoms with Crippen LogP contribution in [0.1, 0.15) is 20.8 Å². The lowest BCUT2D eigenvalue weighted by Crippen LogP contribution is -2.48. The molecule has 1 saturated heterocycles. The third-order valence-electron chi connectivity index (χ3n) is 3.84. The first kappa shape index (κ1) is 14.3. The molecule has 0 unspecified atom stereocenters. The Hall–Kier alpha value is -2.69. The summed E-state index contributed by atoms with van der Waals surface area (Å²) in [6, 6.07) is 13.4. The maximum absolute atomic E-state index is 12.4. The highest BCUT2D eigenvalue weighted by Crippen LogP contribution is 2.16. The molecule has 1 amide bonds. The van der Waals surface area contributed by atoms with Gasteiger partial charge in [0.15, 0.2) is 6.29 Å². The standard InChI is InChI=1S/C17H17N3O2/c21-13-15-7-6-14(12-18-15)17(22)20-10-8-19(9-11-20)16-4-2-1-3-5-16/h1-7,12-13H,8-11H2. The number of amides is 1. The average molecular weight is 295 g/mol. The molecule has 0 bridgehead atoms. The highest BCUT2D eigenvalue weighted by Gasteiger charge is 2.22. The summed E-state index contributed by atoms with van der Waals surface area (Å²) in [5.41, 5.74) is 2.05. The molecule has 0 atom stereocenters. The Balaban J connectivity index is 1.63. The maximum Gasteiger partial charge on any atom is 0.255 e. The van der Waals surface area contributed by atoms with Crippen molar-refractivity contribution in [3.63, 3.8) is 0 Å². The first-order valence-electron chi connectivity index (χ1n) is 7.28. The molecule has 1 aromatic heterocycles. The first-order chi connectivity index (χ1) is 10.8. The van der Waals surface area contributed by atoms with Crippen LogP contribution in [-0.4, -0.2) is 48.3 Å². The van der Waals surface area contributed by atoms with E-state index < -0.39 is 0 Å². The molecule has 2 aromatic rings. The van der Waals surface area contributed by atoms with E-state index in [1.165, 1.54) is 11.9 Å². The van der Waals surface area contributed by atoms with Crippen LogP contribution in [-0.2, 0) is 0 Å². The van der Waals surface area contributed by atoms with Gasteiger partial charge in [0, 0.05) is 38.1 Å². The van der Waals surface area contributed by atoms with E-state index in [-0.39, 0.29) is 5.91 Å². The Morgan fingerprint density at radius 1 is 1.00 bits per heavy atom. The quantitative estimate of drug-likeness (QED) is 0.811. The molecule has 22 heavy (non-hydrogen) atoms. The van der Waals surface area contributed by atoms with E-state index in [0.29, 0.717) is 30.6 Å². The molecule has 3 rings (SSSR count). The summed E-state index contributed by atoms with van der Waals surface area (Å²) in [5, 5.41) is 0. The molecule has 2 heterocycles. The lowest BCUT2D eigenvalue weighted by molar-refractivity contribution is 0.0746. The second-order valence-electron chi connectivity index (χ2n) is 5.20. The monoisotopic (exact) mass is 295 g/mol. The second-order valence-corrected chi connectivity index (χ2v) is 5.20. The zero-order chi connectivity index (χ0) is 15.4. The van der Waals surface area contributed by atoms with Crippen molar-refractivity contribution >= 4 is 17.9 Å². The van der Waals surface area contributed by atoms with Crippen molar-refractivity contribution in [3.8, 4) is 0 Å². The lowest BCUT2D eigenvalue weighted by Gasteiger charge is -2.36. The molecule has 1 aromatic carbocycles. The topological polar surface area (TPSA) is 53.5 Å². The minimum Gasteiger partial charge on any atom is -0.368 e. The van der Waals surface area contributed by atoms with Gasteiger partial charge in [-0.15, -0.1) is 0 Å². The number of rotatable bonds is 3. The lowest BCUT2D eigenvalue weighted by atomic mass is 10.2. The highest BCUT2D eigenvalue weighted by atomic mass is 16.2. The normalized spacial score (nSPS) is 14.7. The third-order valence-corrected chi connectivity index (χ3v) is 3.84. The van der Waals surface area contributed by atoms with Gasteiger partial charge in [-0.25, -0.2) is 0 Å². The van der Waals surface area contributed by atoms with Crippen LogP contribution in [0.4, 0.5) is 5.69 Å². The molecular formula is C17H17N3O2. The Morgan fingerprint density at radius 3 is 2.32 bits per heavy atom. The molecule has 1 aliphatic heterocycles. The minimum absolute atomic E-state index is 0.0299. The van der Waals surface area contributed by atoms with E-state index in [2.05, 4.69) is 22.0 Å². The largest absolute Gasteiger partial charge is 0.368 e. The van der Waals surface area contributed by atoms with Crippen LogP contribution in [0.3, 0.4) is 0 Å². The number of aromatic nitrogens is 1. The number of carbonyl (C=O) groups excluding carboxylic acids is 2. The summed E-state index contributed by atoms with van der Waals surface area (Å²) in [7, 11) is 0. The molecule has 0 spiro atoms. The van der Waals surface area contributed by atoms with Gasteiger partial charge in [0.2, 0.25) is 0 Å². The van der Waals surface area contributed by atoms with Crippen LogP contribution in [0.15, 0.2) is 48.7 Å². The predicted molar refractivity (Wildman–Crippen MR) is 84.2 cm³/mol. The van der Waals surface area contributed by atoms with Gasteiger partial charge in [-0.3, -0.25) is 14.6 Å². The van der Waals surface area contributed by atoms with Crippen LogP contribution in [0.2, 0.25) is 0 Å². The number of hydrogen-bond acceptors (Lipinski definition) is 4. The van der Waals surface area contributed by atoms with Crippen molar-refractivity contribution in [1.82, 2.24) is 9.88 Å². The van der Waals surface area contributed by atoms with Crippen molar-refractivity contribution < 1.29 is 9.59 Å². The molecule has 5 nitrogen and oxygen atoms in total. The zero-order valence-corrected chi connectivity index (χ0v) is 12.2. The van der Waals surface area contributed by atoms with Gasteiger partial charge in [0.25, 0.3) is 5.91 Å². The fraction of sp³-hybridized carbons (Fsp3) is 0.235. The van der Waals surface area contributed by atoms with Crippen molar-refractivity contribution in [2.24, 2.45) is 0 Å². The number of para-hydroxylation sites is 1. The number of piperazine rings is 1. The zero-order valence-electron chi connectivity index (χ0n) is 12.2. The van der Waals surface area contributed by atoms with E-state index >= 15 is 0 Å². The average Bonchev–Trinajstić information content (AvgIpc) is 2.62. The summed E-state index contributed by atoms with van der Waals surface area (Å²) >= 11 is 0. The first-order valence-corrected chi connectivity index (χ1v) is 7.28. The summed E-state index contributed by atoms with van der Waals surface area (Å²) in [6.45, 7) is 3.00. The summed E-state index contributed by atoms with van der Waals surface area (Å²) in [4.78, 5) is 31.1. The maximum atomic E-state index is 12.4. The molecule has 1 aliphatic rings. The number of anilines is 1. The van der Waals surface area contributed by atoms with Gasteiger partial charge >= 0.3 is 0 Å². The molecular weight excluding hydrogens is 278 g/mol. The number of pyridine rings is 1. The number of carbonyl (C=O) groups is 2. The van der Waals surface area contributed by atoms with Crippen LogP contribution in [0.5, 0.6) is 0 Å². The molecule has 0 radical (unpaired) electrons. The van der Waals surface area contributed by atoms with Crippen LogP contribution >= 0.6 is 0 Å². The smallest absolute Gasteiger partial charge is 0.255 e. The summed E-state index contributed by atoms with van der Waals surface area (Å²) in [6.07, 6.45) is 2.14. The fourth-order valence-electron chi connectivity index (χ4n) is 2.59. The Morgan fingerprint density at radius 2 is 1.73 bits per heavy atom.